The van der Waals surface area contributed by atoms with E-state index in [4.69, 9.17) is 4.74 Å². The van der Waals surface area contributed by atoms with E-state index in [0.717, 1.165) is 4.31 Å². The van der Waals surface area contributed by atoms with Gasteiger partial charge in [0.1, 0.15) is 5.60 Å². The van der Waals surface area contributed by atoms with Crippen LogP contribution in [0.2, 0.25) is 0 Å². The number of carbonyl (C=O) groups is 1. The van der Waals surface area contributed by atoms with Gasteiger partial charge in [0.15, 0.2) is 0 Å². The van der Waals surface area contributed by atoms with Crippen LogP contribution in [-0.4, -0.2) is 35.7 Å². The van der Waals surface area contributed by atoms with Crippen LogP contribution in [0.5, 0.6) is 0 Å². The lowest BCUT2D eigenvalue weighted by Crippen LogP contribution is -2.56. The third kappa shape index (κ3) is 3.34. The zero-order chi connectivity index (χ0) is 13.5. The molecule has 1 saturated heterocycles. The zero-order valence-electron chi connectivity index (χ0n) is 11.1. The van der Waals surface area contributed by atoms with Crippen LogP contribution in [0, 0.1) is 0 Å². The minimum absolute atomic E-state index is 0.00960. The van der Waals surface area contributed by atoms with E-state index in [1.54, 1.807) is 34.6 Å². The maximum atomic E-state index is 12.0. The first-order valence-electron chi connectivity index (χ1n) is 5.72. The summed E-state index contributed by atoms with van der Waals surface area (Å²) in [6.07, 6.45) is 0.460. The number of amides is 1. The van der Waals surface area contributed by atoms with Gasteiger partial charge in [-0.25, -0.2) is 13.2 Å². The van der Waals surface area contributed by atoms with Crippen LogP contribution < -0.4 is 0 Å². The van der Waals surface area contributed by atoms with E-state index in [1.165, 1.54) is 0 Å². The second kappa shape index (κ2) is 4.15. The molecule has 1 amide bonds. The molecule has 5 nitrogen and oxygen atoms in total. The summed E-state index contributed by atoms with van der Waals surface area (Å²) in [5.74, 6) is 0.00960. The van der Waals surface area contributed by atoms with Crippen molar-refractivity contribution in [1.82, 2.24) is 4.31 Å². The van der Waals surface area contributed by atoms with Crippen molar-refractivity contribution in [2.45, 2.75) is 58.6 Å². The van der Waals surface area contributed by atoms with Crippen LogP contribution in [0.15, 0.2) is 0 Å². The highest BCUT2D eigenvalue weighted by atomic mass is 32.2. The molecule has 0 unspecified atom stereocenters. The van der Waals surface area contributed by atoms with Gasteiger partial charge in [-0.15, -0.1) is 0 Å². The predicted molar refractivity (Wildman–Crippen MR) is 65.2 cm³/mol. The number of carbonyl (C=O) groups excluding carboxylic acids is 1. The molecular weight excluding hydrogens is 242 g/mol. The van der Waals surface area contributed by atoms with Gasteiger partial charge in [0.05, 0.1) is 11.3 Å². The quantitative estimate of drug-likeness (QED) is 0.671. The van der Waals surface area contributed by atoms with Gasteiger partial charge in [-0.3, -0.25) is 0 Å². The highest BCUT2D eigenvalue weighted by Crippen LogP contribution is 2.31. The topological polar surface area (TPSA) is 63.7 Å². The second-order valence-electron chi connectivity index (χ2n) is 5.98. The first kappa shape index (κ1) is 14.3. The fourth-order valence-electron chi connectivity index (χ4n) is 1.92. The highest BCUT2D eigenvalue weighted by molar-refractivity contribution is 7.89. The molecule has 0 aromatic carbocycles. The average Bonchev–Trinajstić information content (AvgIpc) is 1.94. The molecule has 0 atom stereocenters. The number of nitrogens with zero attached hydrogens (tertiary/aromatic N) is 1. The monoisotopic (exact) mass is 263 g/mol. The van der Waals surface area contributed by atoms with E-state index in [1.807, 2.05) is 0 Å². The first-order valence-corrected chi connectivity index (χ1v) is 7.33. The van der Waals surface area contributed by atoms with Crippen molar-refractivity contribution in [3.05, 3.63) is 0 Å². The molecule has 0 N–H and O–H groups in total. The van der Waals surface area contributed by atoms with Crippen LogP contribution in [0.25, 0.3) is 0 Å². The summed E-state index contributed by atoms with van der Waals surface area (Å²) in [5, 5.41) is 0. The minimum Gasteiger partial charge on any atom is -0.443 e. The van der Waals surface area contributed by atoms with Crippen LogP contribution in [-0.2, 0) is 14.8 Å². The maximum Gasteiger partial charge on any atom is 0.424 e. The molecule has 0 spiro atoms. The molecule has 0 bridgehead atoms. The van der Waals surface area contributed by atoms with Gasteiger partial charge in [0.25, 0.3) is 0 Å². The molecule has 0 saturated carbocycles. The fourth-order valence-corrected chi connectivity index (χ4v) is 3.72. The number of ether oxygens (including phenoxy) is 1. The normalized spacial score (nSPS) is 23.2. The summed E-state index contributed by atoms with van der Waals surface area (Å²) in [6.45, 7) is 8.64. The van der Waals surface area contributed by atoms with Gasteiger partial charge >= 0.3 is 6.09 Å². The Morgan fingerprint density at radius 2 is 1.82 bits per heavy atom. The van der Waals surface area contributed by atoms with Gasteiger partial charge in [0.2, 0.25) is 10.0 Å². The van der Waals surface area contributed by atoms with E-state index in [0.29, 0.717) is 12.8 Å². The van der Waals surface area contributed by atoms with Gasteiger partial charge in [0, 0.05) is 0 Å². The fraction of sp³-hybridized carbons (Fsp3) is 0.909. The smallest absolute Gasteiger partial charge is 0.424 e. The number of sulfonamides is 1. The molecule has 0 aliphatic carbocycles. The molecule has 1 fully saturated rings. The lowest BCUT2D eigenvalue weighted by Gasteiger charge is -2.41. The molecule has 0 aromatic rings. The third-order valence-corrected chi connectivity index (χ3v) is 4.58. The van der Waals surface area contributed by atoms with Crippen LogP contribution in [0.1, 0.15) is 47.5 Å². The van der Waals surface area contributed by atoms with E-state index in [9.17, 15) is 13.2 Å². The predicted octanol–water partition coefficient (Wildman–Crippen LogP) is 2.13. The summed E-state index contributed by atoms with van der Waals surface area (Å²) in [4.78, 5) is 12.0. The summed E-state index contributed by atoms with van der Waals surface area (Å²) in [5.41, 5.74) is -1.40. The highest BCUT2D eigenvalue weighted by Gasteiger charge is 2.45. The molecule has 1 aliphatic heterocycles. The molecule has 17 heavy (non-hydrogen) atoms. The van der Waals surface area contributed by atoms with Gasteiger partial charge in [-0.2, -0.15) is 4.31 Å². The van der Waals surface area contributed by atoms with E-state index < -0.39 is 27.3 Å². The van der Waals surface area contributed by atoms with E-state index >= 15 is 0 Å². The summed E-state index contributed by atoms with van der Waals surface area (Å²) >= 11 is 0. The van der Waals surface area contributed by atoms with Crippen molar-refractivity contribution in [3.8, 4) is 0 Å². The SMILES string of the molecule is CC(C)(C)OC(=O)N1C(C)(C)CCCS1(=O)=O. The molecule has 6 heteroatoms. The molecule has 1 aliphatic rings. The van der Waals surface area contributed by atoms with Crippen LogP contribution >= 0.6 is 0 Å². The molecule has 0 radical (unpaired) electrons. The lowest BCUT2D eigenvalue weighted by atomic mass is 9.99. The third-order valence-electron chi connectivity index (χ3n) is 2.58. The summed E-state index contributed by atoms with van der Waals surface area (Å²) in [7, 11) is -3.54. The van der Waals surface area contributed by atoms with E-state index in [-0.39, 0.29) is 5.75 Å². The second-order valence-corrected chi connectivity index (χ2v) is 7.91. The minimum atomic E-state index is -3.54. The van der Waals surface area contributed by atoms with Gasteiger partial charge < -0.3 is 4.74 Å². The molecule has 1 heterocycles. The Morgan fingerprint density at radius 3 is 2.24 bits per heavy atom. The van der Waals surface area contributed by atoms with Crippen molar-refractivity contribution in [3.63, 3.8) is 0 Å². The number of hydrogen-bond acceptors (Lipinski definition) is 4. The van der Waals surface area contributed by atoms with Gasteiger partial charge in [-0.05, 0) is 47.5 Å². The Kier molecular flexibility index (Phi) is 3.49. The van der Waals surface area contributed by atoms with Crippen LogP contribution in [0.4, 0.5) is 4.79 Å². The molecule has 100 valence electrons. The average molecular weight is 263 g/mol. The van der Waals surface area contributed by atoms with Crippen molar-refractivity contribution in [1.29, 1.82) is 0 Å². The number of rotatable bonds is 0. The summed E-state index contributed by atoms with van der Waals surface area (Å²) in [6, 6.07) is 0. The Balaban J connectivity index is 3.03. The van der Waals surface area contributed by atoms with Crippen molar-refractivity contribution in [2.75, 3.05) is 5.75 Å². The standard InChI is InChI=1S/C11H21NO4S/c1-10(2,3)16-9(13)12-11(4,5)7-6-8-17(12,14)15/h6-8H2,1-5H3. The van der Waals surface area contributed by atoms with Crippen molar-refractivity contribution < 1.29 is 17.9 Å². The van der Waals surface area contributed by atoms with E-state index in [2.05, 4.69) is 0 Å². The Bertz CT molecular complexity index is 406. The van der Waals surface area contributed by atoms with Crippen molar-refractivity contribution in [2.24, 2.45) is 0 Å². The maximum absolute atomic E-state index is 12.0. The zero-order valence-corrected chi connectivity index (χ0v) is 11.9. The van der Waals surface area contributed by atoms with Crippen molar-refractivity contribution >= 4 is 16.1 Å². The summed E-state index contributed by atoms with van der Waals surface area (Å²) < 4.78 is 30.0. The molecule has 1 rings (SSSR count). The Labute approximate surface area is 103 Å². The Morgan fingerprint density at radius 1 is 1.29 bits per heavy atom. The lowest BCUT2D eigenvalue weighted by molar-refractivity contribution is 0.0238. The Hall–Kier alpha value is -0.780. The largest absolute Gasteiger partial charge is 0.443 e. The molecule has 0 aromatic heterocycles. The van der Waals surface area contributed by atoms with Gasteiger partial charge in [-0.1, -0.05) is 0 Å². The van der Waals surface area contributed by atoms with Crippen LogP contribution in [0.3, 0.4) is 0 Å². The number of hydrogen-bond donors (Lipinski definition) is 0. The first-order chi connectivity index (χ1) is 7.46. The molecular formula is C11H21NO4S.